The molecule has 1 aromatic rings. The number of likely N-dealkylation sites (N-methyl/N-ethyl adjacent to an activating group) is 1. The normalized spacial score (nSPS) is 19.8. The number of hydrogen-bond acceptors (Lipinski definition) is 3. The first-order valence-corrected chi connectivity index (χ1v) is 7.69. The van der Waals surface area contributed by atoms with Crippen LogP contribution in [0.2, 0.25) is 5.02 Å². The molecule has 0 spiro atoms. The highest BCUT2D eigenvalue weighted by atomic mass is 35.5. The fourth-order valence-corrected chi connectivity index (χ4v) is 3.20. The average Bonchev–Trinajstić information content (AvgIpc) is 2.49. The zero-order valence-corrected chi connectivity index (χ0v) is 13.1. The summed E-state index contributed by atoms with van der Waals surface area (Å²) in [6.07, 6.45) is 2.72. The summed E-state index contributed by atoms with van der Waals surface area (Å²) in [5.41, 5.74) is 1.01. The van der Waals surface area contributed by atoms with Crippen LogP contribution >= 0.6 is 11.6 Å². The maximum atomic E-state index is 6.30. The van der Waals surface area contributed by atoms with Crippen LogP contribution in [0, 0.1) is 0 Å². The zero-order valence-electron chi connectivity index (χ0n) is 12.3. The largest absolute Gasteiger partial charge is 0.381 e. The van der Waals surface area contributed by atoms with Gasteiger partial charge in [-0.15, -0.1) is 0 Å². The summed E-state index contributed by atoms with van der Waals surface area (Å²) in [5.74, 6) is 0. The van der Waals surface area contributed by atoms with Crippen molar-refractivity contribution < 1.29 is 9.47 Å². The van der Waals surface area contributed by atoms with Crippen molar-refractivity contribution in [3.05, 3.63) is 34.9 Å². The molecule has 1 atom stereocenters. The summed E-state index contributed by atoms with van der Waals surface area (Å²) in [7, 11) is 1.81. The summed E-state index contributed by atoms with van der Waals surface area (Å²) in [6.45, 7) is 4.57. The molecule has 1 heterocycles. The summed E-state index contributed by atoms with van der Waals surface area (Å²) < 4.78 is 11.4. The highest BCUT2D eigenvalue weighted by Gasteiger charge is 2.40. The molecule has 1 fully saturated rings. The number of methoxy groups -OCH3 is 1. The van der Waals surface area contributed by atoms with Gasteiger partial charge in [-0.1, -0.05) is 36.7 Å². The summed E-state index contributed by atoms with van der Waals surface area (Å²) in [4.78, 5) is 0. The summed E-state index contributed by atoms with van der Waals surface area (Å²) >= 11 is 6.30. The van der Waals surface area contributed by atoms with Gasteiger partial charge in [0, 0.05) is 44.2 Å². The van der Waals surface area contributed by atoms with E-state index in [9.17, 15) is 0 Å². The standard InChI is InChI=1S/C16H24ClNO2/c1-3-18-15(12-13-6-4-5-7-14(13)17)16(19-2)8-10-20-11-9-16/h4-7,15,18H,3,8-12H2,1-2H3. The van der Waals surface area contributed by atoms with Crippen LogP contribution in [-0.2, 0) is 15.9 Å². The summed E-state index contributed by atoms with van der Waals surface area (Å²) in [5, 5.41) is 4.41. The molecule has 4 heteroatoms. The molecule has 1 aliphatic rings. The molecule has 1 aromatic carbocycles. The zero-order chi connectivity index (χ0) is 14.4. The third kappa shape index (κ3) is 3.53. The SMILES string of the molecule is CCNC(Cc1ccccc1Cl)C1(OC)CCOCC1. The molecule has 0 saturated carbocycles. The molecule has 20 heavy (non-hydrogen) atoms. The highest BCUT2D eigenvalue weighted by Crippen LogP contribution is 2.31. The molecule has 1 saturated heterocycles. The van der Waals surface area contributed by atoms with Gasteiger partial charge < -0.3 is 14.8 Å². The number of benzene rings is 1. The lowest BCUT2D eigenvalue weighted by molar-refractivity contribution is -0.110. The van der Waals surface area contributed by atoms with Gasteiger partial charge in [0.05, 0.1) is 5.60 Å². The minimum Gasteiger partial charge on any atom is -0.381 e. The van der Waals surface area contributed by atoms with E-state index in [4.69, 9.17) is 21.1 Å². The third-order valence-corrected chi connectivity index (χ3v) is 4.58. The van der Waals surface area contributed by atoms with E-state index in [2.05, 4.69) is 18.3 Å². The van der Waals surface area contributed by atoms with Crippen molar-refractivity contribution in [2.45, 2.75) is 37.8 Å². The van der Waals surface area contributed by atoms with E-state index in [0.29, 0.717) is 0 Å². The Morgan fingerprint density at radius 2 is 2.05 bits per heavy atom. The second-order valence-corrected chi connectivity index (χ2v) is 5.69. The second-order valence-electron chi connectivity index (χ2n) is 5.29. The van der Waals surface area contributed by atoms with Gasteiger partial charge >= 0.3 is 0 Å². The Bertz CT molecular complexity index is 419. The van der Waals surface area contributed by atoms with Gasteiger partial charge in [-0.3, -0.25) is 0 Å². The van der Waals surface area contributed by atoms with Crippen molar-refractivity contribution in [2.24, 2.45) is 0 Å². The number of ether oxygens (including phenoxy) is 2. The van der Waals surface area contributed by atoms with Crippen LogP contribution in [-0.4, -0.2) is 38.5 Å². The molecule has 1 aliphatic heterocycles. The van der Waals surface area contributed by atoms with E-state index in [0.717, 1.165) is 44.0 Å². The van der Waals surface area contributed by atoms with Gasteiger partial charge in [-0.2, -0.15) is 0 Å². The Kier molecular flexibility index (Phi) is 5.85. The van der Waals surface area contributed by atoms with Gasteiger partial charge in [0.1, 0.15) is 0 Å². The Labute approximate surface area is 126 Å². The average molecular weight is 298 g/mol. The Balaban J connectivity index is 2.19. The van der Waals surface area contributed by atoms with Crippen molar-refractivity contribution in [1.82, 2.24) is 5.32 Å². The first kappa shape index (κ1) is 15.8. The lowest BCUT2D eigenvalue weighted by Crippen LogP contribution is -2.56. The second kappa shape index (κ2) is 7.41. The molecule has 0 aliphatic carbocycles. The van der Waals surface area contributed by atoms with Crippen LogP contribution < -0.4 is 5.32 Å². The van der Waals surface area contributed by atoms with Gasteiger partial charge in [0.25, 0.3) is 0 Å². The van der Waals surface area contributed by atoms with Gasteiger partial charge in [0.2, 0.25) is 0 Å². The number of halogens is 1. The summed E-state index contributed by atoms with van der Waals surface area (Å²) in [6, 6.07) is 8.29. The third-order valence-electron chi connectivity index (χ3n) is 4.21. The molecule has 0 radical (unpaired) electrons. The first-order chi connectivity index (χ1) is 9.72. The molecule has 1 N–H and O–H groups in total. The number of rotatable bonds is 6. The van der Waals surface area contributed by atoms with E-state index in [1.807, 2.05) is 25.3 Å². The van der Waals surface area contributed by atoms with Crippen LogP contribution in [0.15, 0.2) is 24.3 Å². The number of nitrogens with one attached hydrogen (secondary N) is 1. The number of hydrogen-bond donors (Lipinski definition) is 1. The van der Waals surface area contributed by atoms with Crippen molar-refractivity contribution in [2.75, 3.05) is 26.9 Å². The Morgan fingerprint density at radius 1 is 1.35 bits per heavy atom. The minimum absolute atomic E-state index is 0.159. The van der Waals surface area contributed by atoms with E-state index in [1.54, 1.807) is 0 Å². The topological polar surface area (TPSA) is 30.5 Å². The maximum Gasteiger partial charge on any atom is 0.0877 e. The molecular formula is C16H24ClNO2. The molecular weight excluding hydrogens is 274 g/mol. The van der Waals surface area contributed by atoms with Crippen LogP contribution in [0.25, 0.3) is 0 Å². The van der Waals surface area contributed by atoms with Crippen LogP contribution in [0.5, 0.6) is 0 Å². The fourth-order valence-electron chi connectivity index (χ4n) is 2.99. The van der Waals surface area contributed by atoms with Crippen LogP contribution in [0.3, 0.4) is 0 Å². The van der Waals surface area contributed by atoms with Gasteiger partial charge in [-0.25, -0.2) is 0 Å². The molecule has 0 aromatic heterocycles. The van der Waals surface area contributed by atoms with E-state index < -0.39 is 0 Å². The minimum atomic E-state index is -0.159. The molecule has 0 amide bonds. The van der Waals surface area contributed by atoms with Crippen molar-refractivity contribution in [1.29, 1.82) is 0 Å². The van der Waals surface area contributed by atoms with Gasteiger partial charge in [-0.05, 0) is 24.6 Å². The van der Waals surface area contributed by atoms with Crippen LogP contribution in [0.1, 0.15) is 25.3 Å². The molecule has 1 unspecified atom stereocenters. The lowest BCUT2D eigenvalue weighted by Gasteiger charge is -2.43. The molecule has 3 nitrogen and oxygen atoms in total. The van der Waals surface area contributed by atoms with Crippen LogP contribution in [0.4, 0.5) is 0 Å². The predicted molar refractivity (Wildman–Crippen MR) is 82.4 cm³/mol. The van der Waals surface area contributed by atoms with Crippen molar-refractivity contribution in [3.63, 3.8) is 0 Å². The molecule has 0 bridgehead atoms. The monoisotopic (exact) mass is 297 g/mol. The Hall–Kier alpha value is -0.610. The maximum absolute atomic E-state index is 6.30. The molecule has 2 rings (SSSR count). The van der Waals surface area contributed by atoms with Crippen molar-refractivity contribution in [3.8, 4) is 0 Å². The first-order valence-electron chi connectivity index (χ1n) is 7.31. The van der Waals surface area contributed by atoms with Crippen molar-refractivity contribution >= 4 is 11.6 Å². The van der Waals surface area contributed by atoms with Gasteiger partial charge in [0.15, 0.2) is 0 Å². The van der Waals surface area contributed by atoms with E-state index in [-0.39, 0.29) is 11.6 Å². The lowest BCUT2D eigenvalue weighted by atomic mass is 9.82. The predicted octanol–water partition coefficient (Wildman–Crippen LogP) is 3.06. The molecule has 112 valence electrons. The van der Waals surface area contributed by atoms with E-state index >= 15 is 0 Å². The quantitative estimate of drug-likeness (QED) is 0.875. The Morgan fingerprint density at radius 3 is 2.65 bits per heavy atom. The fraction of sp³-hybridized carbons (Fsp3) is 0.625. The van der Waals surface area contributed by atoms with E-state index in [1.165, 1.54) is 5.56 Å². The highest BCUT2D eigenvalue weighted by molar-refractivity contribution is 6.31. The smallest absolute Gasteiger partial charge is 0.0877 e.